The second-order valence-electron chi connectivity index (χ2n) is 7.30. The van der Waals surface area contributed by atoms with Gasteiger partial charge in [-0.3, -0.25) is 9.36 Å². The van der Waals surface area contributed by atoms with Crippen LogP contribution in [0, 0.1) is 11.3 Å². The summed E-state index contributed by atoms with van der Waals surface area (Å²) in [5.74, 6) is 1.78. The number of imidazole rings is 1. The topological polar surface area (TPSA) is 125 Å². The Balaban J connectivity index is 1.24. The first kappa shape index (κ1) is 18.1. The van der Waals surface area contributed by atoms with Gasteiger partial charge in [-0.25, -0.2) is 9.97 Å². The lowest BCUT2D eigenvalue weighted by Crippen LogP contribution is -2.32. The lowest BCUT2D eigenvalue weighted by atomic mass is 9.81. The molecule has 3 heterocycles. The van der Waals surface area contributed by atoms with E-state index < -0.39 is 0 Å². The molecule has 0 radical (unpaired) electrons. The van der Waals surface area contributed by atoms with Gasteiger partial charge in [0.1, 0.15) is 24.7 Å². The first-order valence-electron chi connectivity index (χ1n) is 9.46. The van der Waals surface area contributed by atoms with Crippen LogP contribution >= 0.6 is 0 Å². The van der Waals surface area contributed by atoms with Crippen molar-refractivity contribution in [2.75, 3.05) is 0 Å². The average molecular weight is 403 g/mol. The molecule has 1 aliphatic carbocycles. The molecule has 0 atom stereocenters. The monoisotopic (exact) mass is 403 g/mol. The molecular formula is C20H17N7O3. The van der Waals surface area contributed by atoms with Crippen molar-refractivity contribution in [2.24, 2.45) is 7.05 Å². The minimum absolute atomic E-state index is 0.0463. The fourth-order valence-corrected chi connectivity index (χ4v) is 3.53. The second kappa shape index (κ2) is 7.11. The molecule has 10 heteroatoms. The van der Waals surface area contributed by atoms with Crippen molar-refractivity contribution in [3.8, 4) is 11.8 Å². The van der Waals surface area contributed by atoms with Crippen molar-refractivity contribution >= 4 is 11.2 Å². The van der Waals surface area contributed by atoms with Crippen LogP contribution in [0.1, 0.15) is 36.0 Å². The number of hydrogen-bond acceptors (Lipinski definition) is 8. The van der Waals surface area contributed by atoms with Gasteiger partial charge in [-0.2, -0.15) is 10.2 Å². The molecule has 10 nitrogen and oxygen atoms in total. The van der Waals surface area contributed by atoms with Crippen LogP contribution in [0.3, 0.4) is 0 Å². The Kier molecular flexibility index (Phi) is 4.28. The summed E-state index contributed by atoms with van der Waals surface area (Å²) in [6, 6.07) is 9.21. The number of ether oxygens (including phenoxy) is 1. The fourth-order valence-electron chi connectivity index (χ4n) is 3.53. The zero-order chi connectivity index (χ0) is 20.7. The van der Waals surface area contributed by atoms with Gasteiger partial charge in [0, 0.05) is 13.0 Å². The zero-order valence-corrected chi connectivity index (χ0v) is 16.1. The number of aryl methyl sites for hydroxylation is 1. The van der Waals surface area contributed by atoms with Gasteiger partial charge in [0.15, 0.2) is 17.0 Å². The van der Waals surface area contributed by atoms with E-state index in [2.05, 4.69) is 26.2 Å². The Morgan fingerprint density at radius 3 is 2.97 bits per heavy atom. The summed E-state index contributed by atoms with van der Waals surface area (Å²) in [6.45, 7) is 0.146. The average Bonchev–Trinajstić information content (AvgIpc) is 3.33. The van der Waals surface area contributed by atoms with Crippen LogP contribution in [-0.4, -0.2) is 35.3 Å². The SMILES string of the molecule is Cn1cnc2ncn(Cc3nc(C4CC(Oc5cccc(C#N)c5)C4)no3)c(=O)c21. The summed E-state index contributed by atoms with van der Waals surface area (Å²) in [4.78, 5) is 25.3. The van der Waals surface area contributed by atoms with Crippen molar-refractivity contribution in [2.45, 2.75) is 31.4 Å². The lowest BCUT2D eigenvalue weighted by molar-refractivity contribution is 0.0943. The molecule has 0 aliphatic heterocycles. The molecule has 0 unspecified atom stereocenters. The predicted molar refractivity (Wildman–Crippen MR) is 104 cm³/mol. The summed E-state index contributed by atoms with van der Waals surface area (Å²) >= 11 is 0. The first-order chi connectivity index (χ1) is 14.6. The Labute approximate surface area is 170 Å². The quantitative estimate of drug-likeness (QED) is 0.494. The maximum atomic E-state index is 12.6. The molecule has 0 bridgehead atoms. The van der Waals surface area contributed by atoms with Crippen LogP contribution in [0.5, 0.6) is 5.75 Å². The summed E-state index contributed by atoms with van der Waals surface area (Å²) in [6.07, 6.45) is 4.56. The number of benzene rings is 1. The van der Waals surface area contributed by atoms with E-state index in [1.54, 1.807) is 36.1 Å². The summed E-state index contributed by atoms with van der Waals surface area (Å²) in [5, 5.41) is 13.0. The van der Waals surface area contributed by atoms with E-state index in [0.717, 1.165) is 12.8 Å². The summed E-state index contributed by atoms with van der Waals surface area (Å²) < 4.78 is 14.3. The van der Waals surface area contributed by atoms with E-state index in [0.29, 0.717) is 34.2 Å². The Bertz CT molecular complexity index is 1320. The molecule has 1 aliphatic rings. The summed E-state index contributed by atoms with van der Waals surface area (Å²) in [7, 11) is 1.75. The van der Waals surface area contributed by atoms with Crippen molar-refractivity contribution in [1.82, 2.24) is 29.2 Å². The second-order valence-corrected chi connectivity index (χ2v) is 7.30. The highest BCUT2D eigenvalue weighted by molar-refractivity contribution is 5.68. The van der Waals surface area contributed by atoms with Crippen molar-refractivity contribution in [3.05, 3.63) is 64.6 Å². The number of rotatable bonds is 5. The summed E-state index contributed by atoms with van der Waals surface area (Å²) in [5.41, 5.74) is 1.19. The third-order valence-corrected chi connectivity index (χ3v) is 5.22. The molecule has 1 fully saturated rings. The molecule has 0 saturated heterocycles. The highest BCUT2D eigenvalue weighted by atomic mass is 16.5. The van der Waals surface area contributed by atoms with Crippen LogP contribution in [0.25, 0.3) is 11.2 Å². The van der Waals surface area contributed by atoms with E-state index in [4.69, 9.17) is 14.5 Å². The van der Waals surface area contributed by atoms with Crippen LogP contribution in [0.2, 0.25) is 0 Å². The largest absolute Gasteiger partial charge is 0.490 e. The molecule has 0 N–H and O–H groups in total. The molecule has 1 saturated carbocycles. The Morgan fingerprint density at radius 2 is 2.13 bits per heavy atom. The van der Waals surface area contributed by atoms with Gasteiger partial charge < -0.3 is 13.8 Å². The molecule has 4 aromatic rings. The van der Waals surface area contributed by atoms with Crippen molar-refractivity contribution in [1.29, 1.82) is 5.26 Å². The van der Waals surface area contributed by atoms with Gasteiger partial charge in [-0.05, 0) is 31.0 Å². The molecule has 0 spiro atoms. The maximum absolute atomic E-state index is 12.6. The maximum Gasteiger partial charge on any atom is 0.280 e. The van der Waals surface area contributed by atoms with Gasteiger partial charge in [-0.1, -0.05) is 11.2 Å². The van der Waals surface area contributed by atoms with Crippen molar-refractivity contribution in [3.63, 3.8) is 0 Å². The fraction of sp³-hybridized carbons (Fsp3) is 0.300. The van der Waals surface area contributed by atoms with Crippen molar-refractivity contribution < 1.29 is 9.26 Å². The highest BCUT2D eigenvalue weighted by Crippen LogP contribution is 2.37. The van der Waals surface area contributed by atoms with Crippen LogP contribution in [0.4, 0.5) is 0 Å². The normalized spacial score (nSPS) is 18.1. The van der Waals surface area contributed by atoms with Gasteiger partial charge in [0.05, 0.1) is 18.0 Å². The highest BCUT2D eigenvalue weighted by Gasteiger charge is 2.35. The number of nitrogens with zero attached hydrogens (tertiary/aromatic N) is 7. The minimum atomic E-state index is -0.212. The standard InChI is InChI=1S/C20H17N7O3/c1-26-10-22-19-17(26)20(28)27(11-23-19)9-16-24-18(25-30-16)13-6-15(7-13)29-14-4-2-3-12(5-14)8-21/h2-5,10-11,13,15H,6-7,9H2,1H3. The van der Waals surface area contributed by atoms with Gasteiger partial charge in [-0.15, -0.1) is 0 Å². The molecule has 150 valence electrons. The first-order valence-corrected chi connectivity index (χ1v) is 9.46. The van der Waals surface area contributed by atoms with E-state index >= 15 is 0 Å². The predicted octanol–water partition coefficient (Wildman–Crippen LogP) is 1.76. The molecule has 0 amide bonds. The lowest BCUT2D eigenvalue weighted by Gasteiger charge is -2.33. The van der Waals surface area contributed by atoms with Gasteiger partial charge in [0.25, 0.3) is 5.56 Å². The molecular weight excluding hydrogens is 386 g/mol. The molecule has 30 heavy (non-hydrogen) atoms. The number of fused-ring (bicyclic) bond motifs is 1. The number of hydrogen-bond donors (Lipinski definition) is 0. The third-order valence-electron chi connectivity index (χ3n) is 5.22. The Hall–Kier alpha value is -4.00. The van der Waals surface area contributed by atoms with Crippen LogP contribution < -0.4 is 10.3 Å². The van der Waals surface area contributed by atoms with Gasteiger partial charge >= 0.3 is 0 Å². The number of nitriles is 1. The molecule has 3 aromatic heterocycles. The Morgan fingerprint density at radius 1 is 1.30 bits per heavy atom. The van der Waals surface area contributed by atoms with Gasteiger partial charge in [0.2, 0.25) is 5.89 Å². The van der Waals surface area contributed by atoms with E-state index in [-0.39, 0.29) is 24.1 Å². The molecule has 5 rings (SSSR count). The van der Waals surface area contributed by atoms with E-state index in [1.165, 1.54) is 10.9 Å². The molecule has 1 aromatic carbocycles. The zero-order valence-electron chi connectivity index (χ0n) is 16.1. The third kappa shape index (κ3) is 3.20. The van der Waals surface area contributed by atoms with E-state index in [9.17, 15) is 4.79 Å². The minimum Gasteiger partial charge on any atom is -0.490 e. The van der Waals surface area contributed by atoms with E-state index in [1.807, 2.05) is 6.07 Å². The number of aromatic nitrogens is 6. The van der Waals surface area contributed by atoms with Crippen LogP contribution in [0.15, 0.2) is 46.2 Å². The van der Waals surface area contributed by atoms with Crippen LogP contribution in [-0.2, 0) is 13.6 Å². The smallest absolute Gasteiger partial charge is 0.280 e.